The molecule has 0 aliphatic carbocycles. The van der Waals surface area contributed by atoms with Crippen molar-refractivity contribution in [3.05, 3.63) is 24.3 Å². The molecule has 0 bridgehead atoms. The highest BCUT2D eigenvalue weighted by atomic mass is 35.6. The van der Waals surface area contributed by atoms with Gasteiger partial charge in [0.05, 0.1) is 4.90 Å². The molecule has 2 aromatic rings. The smallest absolute Gasteiger partial charge is 0.219 e. The Kier molecular flexibility index (Phi) is 3.50. The summed E-state index contributed by atoms with van der Waals surface area (Å²) in [4.78, 5) is -0.102. The van der Waals surface area contributed by atoms with Crippen LogP contribution in [0.25, 0.3) is 11.4 Å². The van der Waals surface area contributed by atoms with E-state index >= 15 is 0 Å². The molecule has 0 saturated carbocycles. The van der Waals surface area contributed by atoms with Crippen molar-refractivity contribution >= 4 is 44.6 Å². The first-order chi connectivity index (χ1) is 8.32. The standard InChI is InChI=1S/C8H5Cl3N4O2S/c9-8(10,11)18(16,17)6-3-1-5(2-4-6)7-12-14-15-13-7/h1-4H,(H,12,13,14,15). The zero-order chi connectivity index (χ0) is 13.4. The molecule has 0 fully saturated rings. The minimum absolute atomic E-state index is 0.102. The lowest BCUT2D eigenvalue weighted by Crippen LogP contribution is -2.19. The zero-order valence-corrected chi connectivity index (χ0v) is 11.6. The van der Waals surface area contributed by atoms with E-state index in [4.69, 9.17) is 34.8 Å². The second-order valence-electron chi connectivity index (χ2n) is 3.21. The zero-order valence-electron chi connectivity index (χ0n) is 8.51. The first kappa shape index (κ1) is 13.5. The summed E-state index contributed by atoms with van der Waals surface area (Å²) in [6.45, 7) is 0. The number of alkyl halides is 3. The number of nitrogens with zero attached hydrogens (tertiary/aromatic N) is 3. The van der Waals surface area contributed by atoms with Gasteiger partial charge in [0.2, 0.25) is 15.7 Å². The lowest BCUT2D eigenvalue weighted by molar-refractivity contribution is 0.596. The van der Waals surface area contributed by atoms with E-state index in [1.165, 1.54) is 24.3 Å². The Hall–Kier alpha value is -0.890. The number of aromatic nitrogens is 4. The molecule has 0 unspecified atom stereocenters. The Labute approximate surface area is 117 Å². The molecule has 10 heteroatoms. The van der Waals surface area contributed by atoms with E-state index in [9.17, 15) is 8.42 Å². The summed E-state index contributed by atoms with van der Waals surface area (Å²) in [6, 6.07) is 5.61. The molecular weight excluding hydrogens is 323 g/mol. The molecule has 0 saturated heterocycles. The number of hydrogen-bond donors (Lipinski definition) is 1. The van der Waals surface area contributed by atoms with Crippen molar-refractivity contribution in [1.82, 2.24) is 20.6 Å². The predicted octanol–water partition coefficient (Wildman–Crippen LogP) is 1.97. The number of tetrazole rings is 1. The van der Waals surface area contributed by atoms with Gasteiger partial charge in [-0.1, -0.05) is 34.8 Å². The normalized spacial score (nSPS) is 12.6. The molecule has 0 aliphatic heterocycles. The summed E-state index contributed by atoms with van der Waals surface area (Å²) in [5.74, 6) is 0.341. The highest BCUT2D eigenvalue weighted by molar-refractivity contribution is 7.97. The van der Waals surface area contributed by atoms with Crippen LogP contribution in [-0.4, -0.2) is 32.2 Å². The largest absolute Gasteiger partial charge is 0.296 e. The second kappa shape index (κ2) is 4.65. The Balaban J connectivity index is 2.40. The van der Waals surface area contributed by atoms with E-state index in [2.05, 4.69) is 20.6 Å². The van der Waals surface area contributed by atoms with Crippen LogP contribution in [0.2, 0.25) is 0 Å². The molecule has 0 spiro atoms. The predicted molar refractivity (Wildman–Crippen MR) is 67.1 cm³/mol. The number of H-pyrrole nitrogens is 1. The first-order valence-corrected chi connectivity index (χ1v) is 7.09. The quantitative estimate of drug-likeness (QED) is 0.852. The fourth-order valence-corrected chi connectivity index (χ4v) is 2.76. The summed E-state index contributed by atoms with van der Waals surface area (Å²) >= 11 is 16.2. The van der Waals surface area contributed by atoms with E-state index in [-0.39, 0.29) is 4.90 Å². The molecule has 0 radical (unpaired) electrons. The van der Waals surface area contributed by atoms with Crippen LogP contribution in [0.1, 0.15) is 0 Å². The third-order valence-electron chi connectivity index (χ3n) is 2.07. The van der Waals surface area contributed by atoms with Gasteiger partial charge in [-0.15, -0.1) is 10.2 Å². The monoisotopic (exact) mass is 326 g/mol. The molecule has 0 amide bonds. The van der Waals surface area contributed by atoms with Crippen molar-refractivity contribution < 1.29 is 8.42 Å². The van der Waals surface area contributed by atoms with Crippen LogP contribution >= 0.6 is 34.8 Å². The molecule has 2 rings (SSSR count). The average molecular weight is 328 g/mol. The summed E-state index contributed by atoms with van der Waals surface area (Å²) in [7, 11) is -4.03. The second-order valence-corrected chi connectivity index (χ2v) is 8.25. The lowest BCUT2D eigenvalue weighted by Gasteiger charge is -2.12. The Morgan fingerprint density at radius 3 is 2.17 bits per heavy atom. The van der Waals surface area contributed by atoms with Crippen molar-refractivity contribution in [2.75, 3.05) is 0 Å². The molecule has 1 aromatic carbocycles. The Bertz CT molecular complexity index is 634. The van der Waals surface area contributed by atoms with Crippen LogP contribution in [0.5, 0.6) is 0 Å². The first-order valence-electron chi connectivity index (χ1n) is 4.47. The fraction of sp³-hybridized carbons (Fsp3) is 0.125. The van der Waals surface area contributed by atoms with Crippen LogP contribution < -0.4 is 0 Å². The maximum atomic E-state index is 11.8. The number of sulfone groups is 1. The van der Waals surface area contributed by atoms with Crippen LogP contribution in [0.15, 0.2) is 29.2 Å². The summed E-state index contributed by atoms with van der Waals surface area (Å²) in [5.41, 5.74) is 0.590. The highest BCUT2D eigenvalue weighted by Crippen LogP contribution is 2.37. The summed E-state index contributed by atoms with van der Waals surface area (Å²) < 4.78 is 21.2. The highest BCUT2D eigenvalue weighted by Gasteiger charge is 2.39. The van der Waals surface area contributed by atoms with Crippen molar-refractivity contribution in [3.63, 3.8) is 0 Å². The Morgan fingerprint density at radius 1 is 1.11 bits per heavy atom. The van der Waals surface area contributed by atoms with Crippen molar-refractivity contribution in [2.24, 2.45) is 0 Å². The topological polar surface area (TPSA) is 88.6 Å². The van der Waals surface area contributed by atoms with Gasteiger partial charge in [-0.3, -0.25) is 0 Å². The number of rotatable bonds is 2. The van der Waals surface area contributed by atoms with E-state index < -0.39 is 13.0 Å². The van der Waals surface area contributed by atoms with Crippen LogP contribution in [0.4, 0.5) is 0 Å². The van der Waals surface area contributed by atoms with Gasteiger partial charge < -0.3 is 0 Å². The third-order valence-corrected chi connectivity index (χ3v) is 5.40. The molecule has 0 aliphatic rings. The number of benzene rings is 1. The number of hydrogen-bond acceptors (Lipinski definition) is 5. The molecular formula is C8H5Cl3N4O2S. The summed E-state index contributed by atoms with van der Waals surface area (Å²) in [6.07, 6.45) is 0. The van der Waals surface area contributed by atoms with Gasteiger partial charge in [0.15, 0.2) is 0 Å². The van der Waals surface area contributed by atoms with E-state index in [0.29, 0.717) is 11.4 Å². The molecule has 1 heterocycles. The van der Waals surface area contributed by atoms with Gasteiger partial charge in [-0.2, -0.15) is 5.21 Å². The van der Waals surface area contributed by atoms with Crippen LogP contribution in [0, 0.1) is 0 Å². The van der Waals surface area contributed by atoms with E-state index in [0.717, 1.165) is 0 Å². The minimum atomic E-state index is -4.03. The third kappa shape index (κ3) is 2.44. The maximum Gasteiger partial charge on any atom is 0.296 e. The maximum absolute atomic E-state index is 11.8. The van der Waals surface area contributed by atoms with Gasteiger partial charge in [0, 0.05) is 5.56 Å². The SMILES string of the molecule is O=S(=O)(c1ccc(-c2nn[nH]n2)cc1)C(Cl)(Cl)Cl. The lowest BCUT2D eigenvalue weighted by atomic mass is 10.2. The van der Waals surface area contributed by atoms with Gasteiger partial charge in [0.25, 0.3) is 3.12 Å². The minimum Gasteiger partial charge on any atom is -0.219 e. The van der Waals surface area contributed by atoms with Crippen molar-refractivity contribution in [1.29, 1.82) is 0 Å². The molecule has 1 N–H and O–H groups in total. The number of halogens is 3. The van der Waals surface area contributed by atoms with Crippen LogP contribution in [0.3, 0.4) is 0 Å². The van der Waals surface area contributed by atoms with Gasteiger partial charge >= 0.3 is 0 Å². The molecule has 18 heavy (non-hydrogen) atoms. The molecule has 96 valence electrons. The van der Waals surface area contributed by atoms with Crippen LogP contribution in [-0.2, 0) is 9.84 Å². The molecule has 0 atom stereocenters. The molecule has 1 aromatic heterocycles. The van der Waals surface area contributed by atoms with Crippen molar-refractivity contribution in [3.8, 4) is 11.4 Å². The van der Waals surface area contributed by atoms with Gasteiger partial charge in [-0.25, -0.2) is 8.42 Å². The average Bonchev–Trinajstić information content (AvgIpc) is 2.81. The van der Waals surface area contributed by atoms with E-state index in [1.807, 2.05) is 0 Å². The van der Waals surface area contributed by atoms with Crippen molar-refractivity contribution in [2.45, 2.75) is 8.02 Å². The van der Waals surface area contributed by atoms with Gasteiger partial charge in [-0.05, 0) is 29.5 Å². The fourth-order valence-electron chi connectivity index (χ4n) is 1.20. The van der Waals surface area contributed by atoms with Gasteiger partial charge in [0.1, 0.15) is 0 Å². The number of aromatic amines is 1. The summed E-state index contributed by atoms with van der Waals surface area (Å²) in [5, 5.41) is 13.2. The molecule has 6 nitrogen and oxygen atoms in total. The Morgan fingerprint density at radius 2 is 1.72 bits per heavy atom. The van der Waals surface area contributed by atoms with E-state index in [1.54, 1.807) is 0 Å². The number of nitrogens with one attached hydrogen (secondary N) is 1.